The molecule has 0 N–H and O–H groups in total. The molecule has 1 fully saturated rings. The first-order valence-electron chi connectivity index (χ1n) is 7.27. The first-order chi connectivity index (χ1) is 11.6. The highest BCUT2D eigenvalue weighted by molar-refractivity contribution is 5.77. The Morgan fingerprint density at radius 1 is 1.12 bits per heavy atom. The smallest absolute Gasteiger partial charge is 0.310 e. The fraction of sp³-hybridized carbons (Fsp3) is 0.471. The summed E-state index contributed by atoms with van der Waals surface area (Å²) in [5.74, 6) is -8.49. The number of benzene rings is 1. The predicted octanol–water partition coefficient (Wildman–Crippen LogP) is 4.00. The van der Waals surface area contributed by atoms with Gasteiger partial charge in [0.1, 0.15) is 6.61 Å². The van der Waals surface area contributed by atoms with Crippen molar-refractivity contribution in [2.24, 2.45) is 17.3 Å². The molecule has 0 heterocycles. The van der Waals surface area contributed by atoms with Crippen molar-refractivity contribution in [1.29, 1.82) is 0 Å². The maximum atomic E-state index is 13.9. The Hall–Kier alpha value is -2.17. The molecule has 0 saturated heterocycles. The van der Waals surface area contributed by atoms with Crippen molar-refractivity contribution in [1.82, 2.24) is 0 Å². The van der Waals surface area contributed by atoms with E-state index in [1.165, 1.54) is 13.8 Å². The predicted molar refractivity (Wildman–Crippen MR) is 75.4 cm³/mol. The van der Waals surface area contributed by atoms with Crippen molar-refractivity contribution in [3.63, 3.8) is 0 Å². The molecular formula is C17H14F6O2. The number of hydrogen-bond acceptors (Lipinski definition) is 2. The van der Waals surface area contributed by atoms with Gasteiger partial charge in [0.2, 0.25) is 6.43 Å². The number of esters is 1. The zero-order valence-electron chi connectivity index (χ0n) is 13.3. The lowest BCUT2D eigenvalue weighted by Gasteiger charge is -2.11. The minimum absolute atomic E-state index is 0.669. The summed E-state index contributed by atoms with van der Waals surface area (Å²) in [6.45, 7) is 1.72. The van der Waals surface area contributed by atoms with Crippen LogP contribution in [-0.4, -0.2) is 12.4 Å². The molecule has 1 aromatic rings. The third-order valence-corrected chi connectivity index (χ3v) is 4.52. The SMILES string of the molecule is C#CCc1c(F)c(F)c(COC(=O)[C@@H]2[C@@H](C(F)F)C2(C)C)c(F)c1F. The van der Waals surface area contributed by atoms with E-state index in [9.17, 15) is 31.1 Å². The van der Waals surface area contributed by atoms with E-state index < -0.39 is 77.1 Å². The number of carbonyl (C=O) groups is 1. The van der Waals surface area contributed by atoms with Gasteiger partial charge < -0.3 is 4.74 Å². The van der Waals surface area contributed by atoms with Crippen LogP contribution in [0.4, 0.5) is 26.3 Å². The molecule has 0 aromatic heterocycles. The Bertz CT molecular complexity index is 721. The average Bonchev–Trinajstić information content (AvgIpc) is 3.12. The minimum atomic E-state index is -2.76. The molecule has 1 saturated carbocycles. The number of hydrogen-bond donors (Lipinski definition) is 0. The standard InChI is InChI=1S/C17H14F6O2/c1-4-5-7-11(18)13(20)8(14(21)12(7)19)6-25-16(24)10-9(15(22)23)17(10,2)3/h1,9-10,15H,5-6H2,2-3H3/t9-,10-/m0/s1. The summed E-state index contributed by atoms with van der Waals surface area (Å²) in [6, 6.07) is 0. The molecule has 0 aliphatic heterocycles. The fourth-order valence-corrected chi connectivity index (χ4v) is 2.94. The van der Waals surface area contributed by atoms with E-state index in [4.69, 9.17) is 6.42 Å². The van der Waals surface area contributed by atoms with E-state index in [1.807, 2.05) is 5.92 Å². The highest BCUT2D eigenvalue weighted by Crippen LogP contribution is 2.61. The molecule has 136 valence electrons. The van der Waals surface area contributed by atoms with Crippen LogP contribution in [0.25, 0.3) is 0 Å². The van der Waals surface area contributed by atoms with Gasteiger partial charge in [-0.25, -0.2) is 26.3 Å². The number of alkyl halides is 2. The van der Waals surface area contributed by atoms with Gasteiger partial charge in [0.25, 0.3) is 0 Å². The molecular weight excluding hydrogens is 350 g/mol. The maximum absolute atomic E-state index is 13.9. The Balaban J connectivity index is 2.20. The molecule has 1 aliphatic carbocycles. The molecule has 0 bridgehead atoms. The summed E-state index contributed by atoms with van der Waals surface area (Å²) in [4.78, 5) is 11.9. The highest BCUT2D eigenvalue weighted by atomic mass is 19.3. The van der Waals surface area contributed by atoms with Crippen LogP contribution in [0, 0.1) is 52.9 Å². The van der Waals surface area contributed by atoms with Crippen LogP contribution in [0.2, 0.25) is 0 Å². The van der Waals surface area contributed by atoms with Crippen molar-refractivity contribution in [2.45, 2.75) is 33.3 Å². The first kappa shape index (κ1) is 19.2. The average molecular weight is 364 g/mol. The Morgan fingerprint density at radius 3 is 2.00 bits per heavy atom. The van der Waals surface area contributed by atoms with Gasteiger partial charge in [0.15, 0.2) is 23.3 Å². The summed E-state index contributed by atoms with van der Waals surface area (Å²) >= 11 is 0. The zero-order chi connectivity index (χ0) is 19.1. The summed E-state index contributed by atoms with van der Waals surface area (Å²) < 4.78 is 85.5. The largest absolute Gasteiger partial charge is 0.460 e. The summed E-state index contributed by atoms with van der Waals surface area (Å²) in [5, 5.41) is 0. The number of carbonyl (C=O) groups excluding carboxylic acids is 1. The highest BCUT2D eigenvalue weighted by Gasteiger charge is 2.66. The molecule has 2 nitrogen and oxygen atoms in total. The van der Waals surface area contributed by atoms with E-state index in [1.54, 1.807) is 0 Å². The lowest BCUT2D eigenvalue weighted by Crippen LogP contribution is -2.15. The van der Waals surface area contributed by atoms with Crippen molar-refractivity contribution >= 4 is 5.97 Å². The minimum Gasteiger partial charge on any atom is -0.460 e. The molecule has 1 aliphatic rings. The van der Waals surface area contributed by atoms with E-state index in [0.717, 1.165) is 0 Å². The Labute approximate surface area is 140 Å². The first-order valence-corrected chi connectivity index (χ1v) is 7.27. The molecule has 8 heteroatoms. The van der Waals surface area contributed by atoms with Crippen LogP contribution in [-0.2, 0) is 22.6 Å². The van der Waals surface area contributed by atoms with Crippen molar-refractivity contribution in [3.8, 4) is 12.3 Å². The van der Waals surface area contributed by atoms with Crippen molar-refractivity contribution in [2.75, 3.05) is 0 Å². The molecule has 0 spiro atoms. The summed E-state index contributed by atoms with van der Waals surface area (Å²) in [5.41, 5.74) is -3.12. The van der Waals surface area contributed by atoms with E-state index in [0.29, 0.717) is 0 Å². The molecule has 2 rings (SSSR count). The van der Waals surface area contributed by atoms with Gasteiger partial charge >= 0.3 is 5.97 Å². The normalized spacial score (nSPS) is 21.1. The number of rotatable bonds is 5. The topological polar surface area (TPSA) is 26.3 Å². The van der Waals surface area contributed by atoms with E-state index in [2.05, 4.69) is 4.74 Å². The second-order valence-corrected chi connectivity index (χ2v) is 6.36. The van der Waals surface area contributed by atoms with Crippen LogP contribution in [0.1, 0.15) is 25.0 Å². The third kappa shape index (κ3) is 3.20. The van der Waals surface area contributed by atoms with Gasteiger partial charge in [0.05, 0.1) is 11.5 Å². The van der Waals surface area contributed by atoms with Gasteiger partial charge in [0, 0.05) is 17.9 Å². The zero-order valence-corrected chi connectivity index (χ0v) is 13.3. The van der Waals surface area contributed by atoms with E-state index in [-0.39, 0.29) is 0 Å². The summed E-state index contributed by atoms with van der Waals surface area (Å²) in [6.07, 6.45) is 1.45. The van der Waals surface area contributed by atoms with Gasteiger partial charge in [-0.2, -0.15) is 0 Å². The van der Waals surface area contributed by atoms with Crippen LogP contribution in [0.3, 0.4) is 0 Å². The Kier molecular flexibility index (Phi) is 5.07. The van der Waals surface area contributed by atoms with E-state index >= 15 is 0 Å². The second kappa shape index (κ2) is 6.62. The molecule has 25 heavy (non-hydrogen) atoms. The van der Waals surface area contributed by atoms with Crippen LogP contribution in [0.15, 0.2) is 0 Å². The molecule has 2 atom stereocenters. The fourth-order valence-electron chi connectivity index (χ4n) is 2.94. The third-order valence-electron chi connectivity index (χ3n) is 4.52. The number of ether oxygens (including phenoxy) is 1. The molecule has 0 unspecified atom stereocenters. The lowest BCUT2D eigenvalue weighted by atomic mass is 10.1. The quantitative estimate of drug-likeness (QED) is 0.342. The maximum Gasteiger partial charge on any atom is 0.310 e. The van der Waals surface area contributed by atoms with Gasteiger partial charge in [-0.1, -0.05) is 13.8 Å². The molecule has 0 amide bonds. The monoisotopic (exact) mass is 364 g/mol. The van der Waals surface area contributed by atoms with Crippen molar-refractivity contribution in [3.05, 3.63) is 34.4 Å². The lowest BCUT2D eigenvalue weighted by molar-refractivity contribution is -0.148. The molecule has 1 aromatic carbocycles. The number of terminal acetylenes is 1. The Morgan fingerprint density at radius 2 is 1.60 bits per heavy atom. The van der Waals surface area contributed by atoms with Gasteiger partial charge in [-0.15, -0.1) is 12.3 Å². The van der Waals surface area contributed by atoms with Crippen molar-refractivity contribution < 1.29 is 35.9 Å². The van der Waals surface area contributed by atoms with Gasteiger partial charge in [-0.05, 0) is 5.41 Å². The second-order valence-electron chi connectivity index (χ2n) is 6.36. The van der Waals surface area contributed by atoms with Crippen LogP contribution >= 0.6 is 0 Å². The van der Waals surface area contributed by atoms with Crippen LogP contribution < -0.4 is 0 Å². The number of halogens is 6. The summed E-state index contributed by atoms with van der Waals surface area (Å²) in [7, 11) is 0. The van der Waals surface area contributed by atoms with Gasteiger partial charge in [-0.3, -0.25) is 4.79 Å². The molecule has 0 radical (unpaired) electrons. The van der Waals surface area contributed by atoms with Crippen LogP contribution in [0.5, 0.6) is 0 Å².